The molecule has 0 aromatic heterocycles. The molecule has 0 spiro atoms. The monoisotopic (exact) mass is 281 g/mol. The maximum absolute atomic E-state index is 12.7. The van der Waals surface area contributed by atoms with Gasteiger partial charge in [-0.05, 0) is 43.5 Å². The number of nitrogens with zero attached hydrogens (tertiary/aromatic N) is 1. The van der Waals surface area contributed by atoms with Crippen molar-refractivity contribution >= 4 is 11.9 Å². The van der Waals surface area contributed by atoms with Gasteiger partial charge in [0.2, 0.25) is 0 Å². The molecule has 5 nitrogen and oxygen atoms in total. The molecule has 0 bridgehead atoms. The van der Waals surface area contributed by atoms with Crippen molar-refractivity contribution in [2.24, 2.45) is 0 Å². The Hall–Kier alpha value is -2.11. The number of halogens is 1. The molecule has 1 saturated heterocycles. The molecule has 1 fully saturated rings. The Kier molecular flexibility index (Phi) is 4.55. The predicted octanol–water partition coefficient (Wildman–Crippen LogP) is 1.67. The second-order valence-corrected chi connectivity index (χ2v) is 4.68. The summed E-state index contributed by atoms with van der Waals surface area (Å²) in [5.74, 6) is -1.35. The molecule has 0 aliphatic carbocycles. The fraction of sp³-hybridized carbons (Fsp3) is 0.429. The lowest BCUT2D eigenvalue weighted by Gasteiger charge is -2.32. The Morgan fingerprint density at radius 1 is 1.30 bits per heavy atom. The van der Waals surface area contributed by atoms with Gasteiger partial charge in [0.15, 0.2) is 6.61 Å². The van der Waals surface area contributed by atoms with Crippen LogP contribution >= 0.6 is 0 Å². The molecule has 108 valence electrons. The highest BCUT2D eigenvalue weighted by atomic mass is 19.1. The van der Waals surface area contributed by atoms with Gasteiger partial charge in [0, 0.05) is 6.54 Å². The van der Waals surface area contributed by atoms with Gasteiger partial charge in [-0.2, -0.15) is 0 Å². The lowest BCUT2D eigenvalue weighted by molar-refractivity contribution is -0.152. The normalized spacial score (nSPS) is 18.6. The minimum atomic E-state index is -0.986. The van der Waals surface area contributed by atoms with Crippen LogP contribution in [0, 0.1) is 5.82 Å². The quantitative estimate of drug-likeness (QED) is 0.911. The highest BCUT2D eigenvalue weighted by Crippen LogP contribution is 2.18. The topological polar surface area (TPSA) is 66.8 Å². The van der Waals surface area contributed by atoms with Crippen LogP contribution in [0.1, 0.15) is 19.3 Å². The number of aliphatic carboxylic acids is 1. The molecule has 0 unspecified atom stereocenters. The van der Waals surface area contributed by atoms with Crippen molar-refractivity contribution in [1.82, 2.24) is 4.90 Å². The second-order valence-electron chi connectivity index (χ2n) is 4.68. The van der Waals surface area contributed by atoms with Gasteiger partial charge in [-0.15, -0.1) is 0 Å². The van der Waals surface area contributed by atoms with E-state index < -0.39 is 12.0 Å². The van der Waals surface area contributed by atoms with Crippen molar-refractivity contribution in [3.63, 3.8) is 0 Å². The summed E-state index contributed by atoms with van der Waals surface area (Å²) < 4.78 is 18.0. The summed E-state index contributed by atoms with van der Waals surface area (Å²) in [7, 11) is 0. The van der Waals surface area contributed by atoms with E-state index in [0.29, 0.717) is 18.7 Å². The number of hydrogen-bond donors (Lipinski definition) is 1. The smallest absolute Gasteiger partial charge is 0.326 e. The number of piperidine rings is 1. The Balaban J connectivity index is 1.93. The van der Waals surface area contributed by atoms with Crippen molar-refractivity contribution in [2.45, 2.75) is 25.3 Å². The van der Waals surface area contributed by atoms with Crippen LogP contribution in [0.15, 0.2) is 24.3 Å². The van der Waals surface area contributed by atoms with E-state index in [1.54, 1.807) is 0 Å². The fourth-order valence-electron chi connectivity index (χ4n) is 2.25. The van der Waals surface area contributed by atoms with E-state index in [1.807, 2.05) is 0 Å². The van der Waals surface area contributed by atoms with E-state index in [0.717, 1.165) is 12.8 Å². The number of rotatable bonds is 4. The van der Waals surface area contributed by atoms with Gasteiger partial charge in [-0.1, -0.05) is 0 Å². The molecule has 20 heavy (non-hydrogen) atoms. The Bertz CT molecular complexity index is 488. The maximum atomic E-state index is 12.7. The number of carboxylic acids is 1. The van der Waals surface area contributed by atoms with Gasteiger partial charge in [0.1, 0.15) is 17.6 Å². The first kappa shape index (κ1) is 14.3. The average molecular weight is 281 g/mol. The number of likely N-dealkylation sites (tertiary alicyclic amines) is 1. The number of carboxylic acid groups (broad SMARTS) is 1. The van der Waals surface area contributed by atoms with Crippen LogP contribution in [0.5, 0.6) is 5.75 Å². The van der Waals surface area contributed by atoms with Gasteiger partial charge < -0.3 is 14.7 Å². The predicted molar refractivity (Wildman–Crippen MR) is 68.9 cm³/mol. The fourth-order valence-corrected chi connectivity index (χ4v) is 2.25. The van der Waals surface area contributed by atoms with E-state index in [2.05, 4.69) is 0 Å². The zero-order valence-electron chi connectivity index (χ0n) is 10.9. The summed E-state index contributed by atoms with van der Waals surface area (Å²) in [5.41, 5.74) is 0. The van der Waals surface area contributed by atoms with Crippen LogP contribution in [0.4, 0.5) is 4.39 Å². The van der Waals surface area contributed by atoms with Gasteiger partial charge in [0.25, 0.3) is 5.91 Å². The molecule has 1 atom stereocenters. The van der Waals surface area contributed by atoms with Crippen LogP contribution in [0.2, 0.25) is 0 Å². The molecule has 1 amide bonds. The minimum absolute atomic E-state index is 0.241. The van der Waals surface area contributed by atoms with Gasteiger partial charge >= 0.3 is 5.97 Å². The zero-order valence-corrected chi connectivity index (χ0v) is 10.9. The maximum Gasteiger partial charge on any atom is 0.326 e. The third-order valence-corrected chi connectivity index (χ3v) is 3.28. The highest BCUT2D eigenvalue weighted by molar-refractivity contribution is 5.84. The SMILES string of the molecule is O=C(O)[C@H]1CCCCN1C(=O)COc1ccc(F)cc1. The molecule has 1 aromatic rings. The third-order valence-electron chi connectivity index (χ3n) is 3.28. The molecule has 0 saturated carbocycles. The molecule has 1 N–H and O–H groups in total. The van der Waals surface area contributed by atoms with Crippen LogP contribution in [0.25, 0.3) is 0 Å². The van der Waals surface area contributed by atoms with Gasteiger partial charge in [0.05, 0.1) is 0 Å². The van der Waals surface area contributed by atoms with E-state index in [-0.39, 0.29) is 18.3 Å². The molecule has 1 aliphatic rings. The lowest BCUT2D eigenvalue weighted by atomic mass is 10.0. The Labute approximate surface area is 116 Å². The van der Waals surface area contributed by atoms with Crippen molar-refractivity contribution in [3.8, 4) is 5.75 Å². The van der Waals surface area contributed by atoms with Crippen molar-refractivity contribution in [2.75, 3.05) is 13.2 Å². The summed E-state index contributed by atoms with van der Waals surface area (Å²) >= 11 is 0. The number of benzene rings is 1. The molecule has 6 heteroatoms. The first-order chi connectivity index (χ1) is 9.58. The van der Waals surface area contributed by atoms with E-state index >= 15 is 0 Å². The summed E-state index contributed by atoms with van der Waals surface area (Å²) in [4.78, 5) is 24.5. The standard InChI is InChI=1S/C14H16FNO4/c15-10-4-6-11(7-5-10)20-9-13(17)16-8-2-1-3-12(16)14(18)19/h4-7,12H,1-3,8-9H2,(H,18,19)/t12-/m1/s1. The van der Waals surface area contributed by atoms with Crippen LogP contribution in [-0.2, 0) is 9.59 Å². The third kappa shape index (κ3) is 3.46. The molecule has 1 aromatic carbocycles. The number of carbonyl (C=O) groups excluding carboxylic acids is 1. The number of amides is 1. The summed E-state index contributed by atoms with van der Waals surface area (Å²) in [5, 5.41) is 9.10. The number of ether oxygens (including phenoxy) is 1. The van der Waals surface area contributed by atoms with E-state index in [4.69, 9.17) is 9.84 Å². The summed E-state index contributed by atoms with van der Waals surface area (Å²) in [6.45, 7) is 0.192. The molecule has 0 radical (unpaired) electrons. The first-order valence-electron chi connectivity index (χ1n) is 6.48. The van der Waals surface area contributed by atoms with E-state index in [9.17, 15) is 14.0 Å². The Morgan fingerprint density at radius 2 is 2.00 bits per heavy atom. The molecule has 1 aliphatic heterocycles. The van der Waals surface area contributed by atoms with Crippen LogP contribution < -0.4 is 4.74 Å². The van der Waals surface area contributed by atoms with Crippen molar-refractivity contribution < 1.29 is 23.8 Å². The first-order valence-corrected chi connectivity index (χ1v) is 6.48. The Morgan fingerprint density at radius 3 is 2.65 bits per heavy atom. The second kappa shape index (κ2) is 6.36. The van der Waals surface area contributed by atoms with Crippen LogP contribution in [0.3, 0.4) is 0 Å². The van der Waals surface area contributed by atoms with Crippen molar-refractivity contribution in [3.05, 3.63) is 30.1 Å². The summed E-state index contributed by atoms with van der Waals surface area (Å²) in [6.07, 6.45) is 2.07. The number of carbonyl (C=O) groups is 2. The summed E-state index contributed by atoms with van der Waals surface area (Å²) in [6, 6.07) is 4.55. The molecular weight excluding hydrogens is 265 g/mol. The molecule has 1 heterocycles. The minimum Gasteiger partial charge on any atom is -0.484 e. The molecular formula is C14H16FNO4. The number of hydrogen-bond acceptors (Lipinski definition) is 3. The lowest BCUT2D eigenvalue weighted by Crippen LogP contribution is -2.49. The largest absolute Gasteiger partial charge is 0.484 e. The zero-order chi connectivity index (χ0) is 14.5. The van der Waals surface area contributed by atoms with E-state index in [1.165, 1.54) is 29.2 Å². The highest BCUT2D eigenvalue weighted by Gasteiger charge is 2.31. The molecule has 2 rings (SSSR count). The van der Waals surface area contributed by atoms with Gasteiger partial charge in [-0.3, -0.25) is 4.79 Å². The van der Waals surface area contributed by atoms with Crippen molar-refractivity contribution in [1.29, 1.82) is 0 Å². The van der Waals surface area contributed by atoms with Crippen LogP contribution in [-0.4, -0.2) is 41.1 Å². The average Bonchev–Trinajstić information content (AvgIpc) is 2.46. The van der Waals surface area contributed by atoms with Gasteiger partial charge in [-0.25, -0.2) is 9.18 Å².